The van der Waals surface area contributed by atoms with Crippen LogP contribution in [0.2, 0.25) is 0 Å². The summed E-state index contributed by atoms with van der Waals surface area (Å²) < 4.78 is 44.1. The number of alkyl halides is 3. The summed E-state index contributed by atoms with van der Waals surface area (Å²) >= 11 is 5.06. The SMILES string of the molecule is CCOc1ccc(NC(=S)Nc2ccccc2C(F)(F)F)cc1. The van der Waals surface area contributed by atoms with Crippen LogP contribution in [0.15, 0.2) is 48.5 Å². The lowest BCUT2D eigenvalue weighted by molar-refractivity contribution is -0.136. The molecule has 122 valence electrons. The van der Waals surface area contributed by atoms with Crippen LogP contribution < -0.4 is 15.4 Å². The van der Waals surface area contributed by atoms with E-state index in [2.05, 4.69) is 10.6 Å². The maximum Gasteiger partial charge on any atom is 0.418 e. The van der Waals surface area contributed by atoms with Crippen LogP contribution in [-0.4, -0.2) is 11.7 Å². The molecule has 7 heteroatoms. The Morgan fingerprint density at radius 2 is 1.70 bits per heavy atom. The minimum atomic E-state index is -4.45. The van der Waals surface area contributed by atoms with E-state index in [4.69, 9.17) is 17.0 Å². The first-order valence-electron chi connectivity index (χ1n) is 6.87. The van der Waals surface area contributed by atoms with Crippen molar-refractivity contribution in [3.63, 3.8) is 0 Å². The average Bonchev–Trinajstić information content (AvgIpc) is 2.49. The summed E-state index contributed by atoms with van der Waals surface area (Å²) in [6.07, 6.45) is -4.45. The predicted molar refractivity (Wildman–Crippen MR) is 88.9 cm³/mol. The van der Waals surface area contributed by atoms with Gasteiger partial charge in [-0.05, 0) is 55.5 Å². The van der Waals surface area contributed by atoms with Crippen molar-refractivity contribution in [2.75, 3.05) is 17.2 Å². The van der Waals surface area contributed by atoms with Crippen LogP contribution in [0.5, 0.6) is 5.75 Å². The molecule has 2 N–H and O–H groups in total. The number of para-hydroxylation sites is 1. The van der Waals surface area contributed by atoms with E-state index in [0.717, 1.165) is 6.07 Å². The molecular weight excluding hydrogens is 325 g/mol. The summed E-state index contributed by atoms with van der Waals surface area (Å²) in [6, 6.07) is 12.1. The zero-order valence-corrected chi connectivity index (χ0v) is 13.1. The maximum absolute atomic E-state index is 12.9. The molecule has 2 aromatic rings. The van der Waals surface area contributed by atoms with E-state index in [1.54, 1.807) is 24.3 Å². The van der Waals surface area contributed by atoms with Crippen molar-refractivity contribution in [3.8, 4) is 5.75 Å². The Morgan fingerprint density at radius 3 is 2.30 bits per heavy atom. The molecule has 0 radical (unpaired) electrons. The fraction of sp³-hybridized carbons (Fsp3) is 0.188. The number of anilines is 2. The van der Waals surface area contributed by atoms with E-state index in [1.165, 1.54) is 18.2 Å². The number of ether oxygens (including phenoxy) is 1. The van der Waals surface area contributed by atoms with Crippen LogP contribution in [0.25, 0.3) is 0 Å². The lowest BCUT2D eigenvalue weighted by Gasteiger charge is -2.16. The van der Waals surface area contributed by atoms with Gasteiger partial charge in [0.15, 0.2) is 5.11 Å². The van der Waals surface area contributed by atoms with Crippen LogP contribution in [0.3, 0.4) is 0 Å². The highest BCUT2D eigenvalue weighted by Crippen LogP contribution is 2.34. The molecule has 23 heavy (non-hydrogen) atoms. The second-order valence-electron chi connectivity index (χ2n) is 4.58. The predicted octanol–water partition coefficient (Wildman–Crippen LogP) is 4.91. The van der Waals surface area contributed by atoms with Gasteiger partial charge in [-0.1, -0.05) is 12.1 Å². The van der Waals surface area contributed by atoms with Crippen molar-refractivity contribution in [2.45, 2.75) is 13.1 Å². The molecule has 0 amide bonds. The highest BCUT2D eigenvalue weighted by Gasteiger charge is 2.33. The van der Waals surface area contributed by atoms with Crippen molar-refractivity contribution in [1.29, 1.82) is 0 Å². The van der Waals surface area contributed by atoms with Gasteiger partial charge in [0.1, 0.15) is 5.75 Å². The first-order chi connectivity index (χ1) is 10.9. The van der Waals surface area contributed by atoms with Crippen LogP contribution in [0, 0.1) is 0 Å². The van der Waals surface area contributed by atoms with Crippen LogP contribution in [-0.2, 0) is 6.18 Å². The first-order valence-corrected chi connectivity index (χ1v) is 7.28. The minimum absolute atomic E-state index is 0.0749. The number of rotatable bonds is 4. The highest BCUT2D eigenvalue weighted by atomic mass is 32.1. The van der Waals surface area contributed by atoms with Crippen molar-refractivity contribution < 1.29 is 17.9 Å². The molecule has 2 aromatic carbocycles. The molecule has 0 heterocycles. The molecule has 0 aliphatic rings. The summed E-state index contributed by atoms with van der Waals surface area (Å²) in [5.74, 6) is 0.708. The van der Waals surface area contributed by atoms with E-state index >= 15 is 0 Å². The molecule has 0 unspecified atom stereocenters. The molecule has 0 aromatic heterocycles. The third-order valence-electron chi connectivity index (χ3n) is 2.90. The average molecular weight is 340 g/mol. The smallest absolute Gasteiger partial charge is 0.418 e. The quantitative estimate of drug-likeness (QED) is 0.775. The molecule has 2 rings (SSSR count). The maximum atomic E-state index is 12.9. The molecular formula is C16H15F3N2OS. The third-order valence-corrected chi connectivity index (χ3v) is 3.11. The summed E-state index contributed by atoms with van der Waals surface area (Å²) in [7, 11) is 0. The fourth-order valence-electron chi connectivity index (χ4n) is 1.93. The van der Waals surface area contributed by atoms with Gasteiger partial charge in [0, 0.05) is 5.69 Å². The number of benzene rings is 2. The summed E-state index contributed by atoms with van der Waals surface area (Å²) in [5, 5.41) is 5.49. The number of nitrogens with one attached hydrogen (secondary N) is 2. The number of thiocarbonyl (C=S) groups is 1. The molecule has 0 saturated heterocycles. The summed E-state index contributed by atoms with van der Waals surface area (Å²) in [6.45, 7) is 2.43. The molecule has 3 nitrogen and oxygen atoms in total. The minimum Gasteiger partial charge on any atom is -0.494 e. The molecule has 0 aliphatic carbocycles. The monoisotopic (exact) mass is 340 g/mol. The Kier molecular flexibility index (Phi) is 5.44. The van der Waals surface area contributed by atoms with Crippen molar-refractivity contribution in [3.05, 3.63) is 54.1 Å². The van der Waals surface area contributed by atoms with Gasteiger partial charge in [-0.3, -0.25) is 0 Å². The van der Waals surface area contributed by atoms with E-state index in [9.17, 15) is 13.2 Å². The molecule has 0 fully saturated rings. The normalized spacial score (nSPS) is 11.0. The molecule has 0 saturated carbocycles. The van der Waals surface area contributed by atoms with E-state index < -0.39 is 11.7 Å². The van der Waals surface area contributed by atoms with Gasteiger partial charge in [0.2, 0.25) is 0 Å². The zero-order valence-electron chi connectivity index (χ0n) is 12.3. The van der Waals surface area contributed by atoms with Gasteiger partial charge in [-0.2, -0.15) is 13.2 Å². The van der Waals surface area contributed by atoms with Crippen LogP contribution in [0.4, 0.5) is 24.5 Å². The Balaban J connectivity index is 2.05. The first kappa shape index (κ1) is 17.1. The van der Waals surface area contributed by atoms with Crippen molar-refractivity contribution >= 4 is 28.7 Å². The summed E-state index contributed by atoms with van der Waals surface area (Å²) in [5.41, 5.74) is -0.213. The van der Waals surface area contributed by atoms with Gasteiger partial charge >= 0.3 is 6.18 Å². The second-order valence-corrected chi connectivity index (χ2v) is 4.99. The van der Waals surface area contributed by atoms with Gasteiger partial charge < -0.3 is 15.4 Å². The second kappa shape index (κ2) is 7.32. The standard InChI is InChI=1S/C16H15F3N2OS/c1-2-22-12-9-7-11(8-10-12)20-15(23)21-14-6-4-3-5-13(14)16(17,18)19/h3-10H,2H2,1H3,(H2,20,21,23). The Bertz CT molecular complexity index is 672. The van der Waals surface area contributed by atoms with Gasteiger partial charge in [-0.25, -0.2) is 0 Å². The van der Waals surface area contributed by atoms with Gasteiger partial charge in [-0.15, -0.1) is 0 Å². The lowest BCUT2D eigenvalue weighted by atomic mass is 10.1. The molecule has 0 atom stereocenters. The third kappa shape index (κ3) is 4.85. The topological polar surface area (TPSA) is 33.3 Å². The Morgan fingerprint density at radius 1 is 1.04 bits per heavy atom. The molecule has 0 spiro atoms. The zero-order chi connectivity index (χ0) is 16.9. The lowest BCUT2D eigenvalue weighted by Crippen LogP contribution is -2.21. The van der Waals surface area contributed by atoms with Gasteiger partial charge in [0.25, 0.3) is 0 Å². The number of hydrogen-bond acceptors (Lipinski definition) is 2. The largest absolute Gasteiger partial charge is 0.494 e. The number of hydrogen-bond donors (Lipinski definition) is 2. The molecule has 0 aliphatic heterocycles. The van der Waals surface area contributed by atoms with Gasteiger partial charge in [0.05, 0.1) is 17.9 Å². The van der Waals surface area contributed by atoms with E-state index in [1.807, 2.05) is 6.92 Å². The van der Waals surface area contributed by atoms with Crippen molar-refractivity contribution in [2.24, 2.45) is 0 Å². The summed E-state index contributed by atoms with van der Waals surface area (Å²) in [4.78, 5) is 0. The molecule has 0 bridgehead atoms. The van der Waals surface area contributed by atoms with E-state index in [0.29, 0.717) is 18.0 Å². The number of halogens is 3. The van der Waals surface area contributed by atoms with Crippen LogP contribution in [0.1, 0.15) is 12.5 Å². The fourth-order valence-corrected chi connectivity index (χ4v) is 2.15. The van der Waals surface area contributed by atoms with Crippen molar-refractivity contribution in [1.82, 2.24) is 0 Å². The Hall–Kier alpha value is -2.28. The van der Waals surface area contributed by atoms with Crippen LogP contribution >= 0.6 is 12.2 Å². The highest BCUT2D eigenvalue weighted by molar-refractivity contribution is 7.80. The Labute approximate surface area is 137 Å². The van der Waals surface area contributed by atoms with E-state index in [-0.39, 0.29) is 10.8 Å².